The Bertz CT molecular complexity index is 393. The molecule has 0 amide bonds. The van der Waals surface area contributed by atoms with Gasteiger partial charge in [0.1, 0.15) is 0 Å². The lowest BCUT2D eigenvalue weighted by Crippen LogP contribution is -2.27. The second-order valence-corrected chi connectivity index (χ2v) is 9.39. The Morgan fingerprint density at radius 3 is 2.60 bits per heavy atom. The molecule has 0 aromatic heterocycles. The molecule has 2 rings (SSSR count). The number of carbonyl (C=O) groups excluding carboxylic acids is 1. The molecule has 1 aromatic rings. The maximum Gasteiger partial charge on any atom is 0.184 e. The van der Waals surface area contributed by atoms with Crippen LogP contribution in [0.3, 0.4) is 0 Å². The van der Waals surface area contributed by atoms with Crippen molar-refractivity contribution in [3.05, 3.63) is 35.4 Å². The van der Waals surface area contributed by atoms with Gasteiger partial charge in [-0.2, -0.15) is 0 Å². The summed E-state index contributed by atoms with van der Waals surface area (Å²) in [6, 6.07) is 7.78. The molecule has 0 saturated carbocycles. The minimum atomic E-state index is -1.57. The zero-order valence-electron chi connectivity index (χ0n) is 9.41. The fraction of sp³-hybridized carbons (Fsp3) is 0.417. The molecule has 0 aliphatic heterocycles. The predicted octanol–water partition coefficient (Wildman–Crippen LogP) is 3.17. The van der Waals surface area contributed by atoms with Crippen LogP contribution in [0.25, 0.3) is 0 Å². The molecule has 0 saturated heterocycles. The fourth-order valence-electron chi connectivity index (χ4n) is 1.95. The first-order chi connectivity index (χ1) is 6.97. The van der Waals surface area contributed by atoms with E-state index in [1.807, 2.05) is 24.3 Å². The van der Waals surface area contributed by atoms with Gasteiger partial charge in [-0.05, 0) is 25.2 Å². The van der Waals surface area contributed by atoms with Gasteiger partial charge in [0, 0.05) is 12.0 Å². The van der Waals surface area contributed by atoms with Crippen LogP contribution in [0.2, 0.25) is 19.6 Å². The standard InChI is InChI=1S/C12H16O2Si/c1-15(2,3)14-12-8-11(13)9-6-4-5-7-10(9)12/h4-7,12H,8H2,1-3H3/t12-/m1/s1. The van der Waals surface area contributed by atoms with Gasteiger partial charge < -0.3 is 4.43 Å². The first kappa shape index (κ1) is 10.6. The largest absolute Gasteiger partial charge is 0.410 e. The van der Waals surface area contributed by atoms with Crippen molar-refractivity contribution < 1.29 is 9.22 Å². The van der Waals surface area contributed by atoms with E-state index in [1.165, 1.54) is 0 Å². The Morgan fingerprint density at radius 1 is 1.27 bits per heavy atom. The zero-order chi connectivity index (χ0) is 11.1. The fourth-order valence-corrected chi connectivity index (χ4v) is 3.02. The highest BCUT2D eigenvalue weighted by Gasteiger charge is 2.32. The molecular formula is C12H16O2Si. The Morgan fingerprint density at radius 2 is 1.93 bits per heavy atom. The van der Waals surface area contributed by atoms with E-state index >= 15 is 0 Å². The Labute approximate surface area is 91.4 Å². The topological polar surface area (TPSA) is 26.3 Å². The van der Waals surface area contributed by atoms with E-state index in [4.69, 9.17) is 4.43 Å². The van der Waals surface area contributed by atoms with Gasteiger partial charge in [0.2, 0.25) is 0 Å². The lowest BCUT2D eigenvalue weighted by atomic mass is 10.1. The van der Waals surface area contributed by atoms with Crippen molar-refractivity contribution in [2.24, 2.45) is 0 Å². The van der Waals surface area contributed by atoms with Crippen molar-refractivity contribution in [2.45, 2.75) is 32.2 Å². The molecule has 3 heteroatoms. The van der Waals surface area contributed by atoms with E-state index in [0.29, 0.717) is 6.42 Å². The van der Waals surface area contributed by atoms with Crippen LogP contribution >= 0.6 is 0 Å². The molecule has 1 aliphatic carbocycles. The second kappa shape index (κ2) is 3.58. The van der Waals surface area contributed by atoms with Crippen LogP contribution in [-0.4, -0.2) is 14.1 Å². The van der Waals surface area contributed by atoms with Crippen molar-refractivity contribution in [3.8, 4) is 0 Å². The van der Waals surface area contributed by atoms with Gasteiger partial charge in [0.15, 0.2) is 14.1 Å². The molecule has 0 radical (unpaired) electrons. The van der Waals surface area contributed by atoms with E-state index in [-0.39, 0.29) is 11.9 Å². The first-order valence-electron chi connectivity index (χ1n) is 5.27. The SMILES string of the molecule is C[Si](C)(C)O[C@@H]1CC(=O)c2ccccc21. The zero-order valence-corrected chi connectivity index (χ0v) is 10.4. The molecule has 0 bridgehead atoms. The highest BCUT2D eigenvalue weighted by atomic mass is 28.4. The van der Waals surface area contributed by atoms with Crippen LogP contribution in [-0.2, 0) is 4.43 Å². The molecule has 0 spiro atoms. The summed E-state index contributed by atoms with van der Waals surface area (Å²) in [4.78, 5) is 11.7. The third-order valence-corrected chi connectivity index (χ3v) is 3.47. The number of hydrogen-bond donors (Lipinski definition) is 0. The van der Waals surface area contributed by atoms with Gasteiger partial charge in [0.05, 0.1) is 6.10 Å². The molecule has 15 heavy (non-hydrogen) atoms. The average Bonchev–Trinajstić information content (AvgIpc) is 2.42. The number of rotatable bonds is 2. The number of carbonyl (C=O) groups is 1. The molecule has 0 unspecified atom stereocenters. The lowest BCUT2D eigenvalue weighted by molar-refractivity contribution is 0.0943. The van der Waals surface area contributed by atoms with E-state index in [2.05, 4.69) is 19.6 Å². The average molecular weight is 220 g/mol. The van der Waals surface area contributed by atoms with Crippen LogP contribution in [0.1, 0.15) is 28.4 Å². The van der Waals surface area contributed by atoms with Crippen molar-refractivity contribution in [2.75, 3.05) is 0 Å². The summed E-state index contributed by atoms with van der Waals surface area (Å²) in [6.07, 6.45) is 0.518. The van der Waals surface area contributed by atoms with Crippen molar-refractivity contribution in [1.29, 1.82) is 0 Å². The van der Waals surface area contributed by atoms with Crippen LogP contribution in [0.4, 0.5) is 0 Å². The lowest BCUT2D eigenvalue weighted by Gasteiger charge is -2.23. The minimum absolute atomic E-state index is 0.000340. The third kappa shape index (κ3) is 2.18. The molecule has 0 N–H and O–H groups in total. The van der Waals surface area contributed by atoms with Crippen molar-refractivity contribution in [1.82, 2.24) is 0 Å². The van der Waals surface area contributed by atoms with Gasteiger partial charge in [-0.1, -0.05) is 24.3 Å². The maximum atomic E-state index is 11.7. The third-order valence-electron chi connectivity index (χ3n) is 2.47. The van der Waals surface area contributed by atoms with Crippen molar-refractivity contribution >= 4 is 14.1 Å². The van der Waals surface area contributed by atoms with Gasteiger partial charge in [-0.25, -0.2) is 0 Å². The Kier molecular flexibility index (Phi) is 2.52. The molecule has 1 atom stereocenters. The van der Waals surface area contributed by atoms with Crippen LogP contribution in [0.15, 0.2) is 24.3 Å². The van der Waals surface area contributed by atoms with Gasteiger partial charge >= 0.3 is 0 Å². The summed E-state index contributed by atoms with van der Waals surface area (Å²) in [5, 5.41) is 0. The summed E-state index contributed by atoms with van der Waals surface area (Å²) in [6.45, 7) is 6.45. The van der Waals surface area contributed by atoms with Crippen LogP contribution in [0.5, 0.6) is 0 Å². The highest BCUT2D eigenvalue weighted by molar-refractivity contribution is 6.69. The van der Waals surface area contributed by atoms with Crippen molar-refractivity contribution in [3.63, 3.8) is 0 Å². The summed E-state index contributed by atoms with van der Waals surface area (Å²) in [5.41, 5.74) is 1.92. The van der Waals surface area contributed by atoms with E-state index in [9.17, 15) is 4.79 Å². The van der Waals surface area contributed by atoms with E-state index < -0.39 is 8.32 Å². The smallest absolute Gasteiger partial charge is 0.184 e. The summed E-state index contributed by atoms with van der Waals surface area (Å²) >= 11 is 0. The number of Topliss-reactive ketones (excluding diaryl/α,β-unsaturated/α-hetero) is 1. The molecule has 0 fully saturated rings. The number of benzene rings is 1. The van der Waals surface area contributed by atoms with E-state index in [1.54, 1.807) is 0 Å². The Balaban J connectivity index is 2.29. The number of fused-ring (bicyclic) bond motifs is 1. The number of ketones is 1. The van der Waals surface area contributed by atoms with Gasteiger partial charge in [-0.15, -0.1) is 0 Å². The second-order valence-electron chi connectivity index (χ2n) is 4.93. The molecule has 1 aliphatic rings. The van der Waals surface area contributed by atoms with Gasteiger partial charge in [-0.3, -0.25) is 4.79 Å². The number of hydrogen-bond acceptors (Lipinski definition) is 2. The molecular weight excluding hydrogens is 204 g/mol. The molecule has 80 valence electrons. The van der Waals surface area contributed by atoms with Crippen LogP contribution < -0.4 is 0 Å². The highest BCUT2D eigenvalue weighted by Crippen LogP contribution is 2.35. The molecule has 1 aromatic carbocycles. The molecule has 2 nitrogen and oxygen atoms in total. The Hall–Kier alpha value is -0.933. The predicted molar refractivity (Wildman–Crippen MR) is 62.6 cm³/mol. The van der Waals surface area contributed by atoms with E-state index in [0.717, 1.165) is 11.1 Å². The summed E-state index contributed by atoms with van der Waals surface area (Å²) in [5.74, 6) is 0.217. The monoisotopic (exact) mass is 220 g/mol. The van der Waals surface area contributed by atoms with Gasteiger partial charge in [0.25, 0.3) is 0 Å². The summed E-state index contributed by atoms with van der Waals surface area (Å²) in [7, 11) is -1.57. The first-order valence-corrected chi connectivity index (χ1v) is 8.68. The normalized spacial score (nSPS) is 20.5. The molecule has 0 heterocycles. The van der Waals surface area contributed by atoms with Crippen LogP contribution in [0, 0.1) is 0 Å². The summed E-state index contributed by atoms with van der Waals surface area (Å²) < 4.78 is 6.01. The minimum Gasteiger partial charge on any atom is -0.410 e. The maximum absolute atomic E-state index is 11.7. The quantitative estimate of drug-likeness (QED) is 0.716.